The minimum Gasteiger partial charge on any atom is -0.448 e. The van der Waals surface area contributed by atoms with Gasteiger partial charge < -0.3 is 14.2 Å². The normalized spacial score (nSPS) is 28.5. The first-order valence-electron chi connectivity index (χ1n) is 8.54. The molecule has 4 heteroatoms. The molecule has 0 fully saturated rings. The molecule has 2 aliphatic carbocycles. The van der Waals surface area contributed by atoms with Gasteiger partial charge in [-0.3, -0.25) is 4.79 Å². The van der Waals surface area contributed by atoms with Crippen molar-refractivity contribution in [1.82, 2.24) is 0 Å². The number of benzene rings is 2. The van der Waals surface area contributed by atoms with Crippen LogP contribution in [0.25, 0.3) is 10.8 Å². The Kier molecular flexibility index (Phi) is 3.06. The van der Waals surface area contributed by atoms with Gasteiger partial charge in [-0.05, 0) is 30.0 Å². The van der Waals surface area contributed by atoms with Crippen LogP contribution in [0.15, 0.2) is 60.7 Å². The van der Waals surface area contributed by atoms with Gasteiger partial charge in [-0.1, -0.05) is 36.4 Å². The number of ether oxygens (including phenoxy) is 3. The molecular weight excluding hydrogens is 316 g/mol. The monoisotopic (exact) mass is 334 g/mol. The Bertz CT molecular complexity index is 886. The molecule has 0 amide bonds. The summed E-state index contributed by atoms with van der Waals surface area (Å²) in [7, 11) is 1.63. The van der Waals surface area contributed by atoms with Crippen molar-refractivity contribution in [3.63, 3.8) is 0 Å². The molecule has 2 aromatic rings. The van der Waals surface area contributed by atoms with Gasteiger partial charge in [-0.2, -0.15) is 0 Å². The first-order valence-corrected chi connectivity index (χ1v) is 8.54. The van der Waals surface area contributed by atoms with Crippen LogP contribution < -0.4 is 9.47 Å². The Balaban J connectivity index is 1.66. The number of carbonyl (C=O) groups excluding carboxylic acids is 1. The van der Waals surface area contributed by atoms with Gasteiger partial charge in [-0.15, -0.1) is 0 Å². The zero-order valence-corrected chi connectivity index (χ0v) is 13.8. The second-order valence-electron chi connectivity index (χ2n) is 6.77. The van der Waals surface area contributed by atoms with E-state index < -0.39 is 5.79 Å². The number of allylic oxidation sites excluding steroid dienone is 2. The molecule has 3 atom stereocenters. The highest BCUT2D eigenvalue weighted by molar-refractivity contribution is 5.96. The summed E-state index contributed by atoms with van der Waals surface area (Å²) in [5, 5.41) is 2.06. The predicted molar refractivity (Wildman–Crippen MR) is 93.6 cm³/mol. The number of hydrogen-bond acceptors (Lipinski definition) is 4. The molecule has 0 saturated carbocycles. The summed E-state index contributed by atoms with van der Waals surface area (Å²) in [6.07, 6.45) is 7.82. The molecular formula is C21H18O4. The quantitative estimate of drug-likeness (QED) is 0.747. The van der Waals surface area contributed by atoms with Crippen LogP contribution >= 0.6 is 0 Å². The van der Waals surface area contributed by atoms with E-state index in [4.69, 9.17) is 14.2 Å². The van der Waals surface area contributed by atoms with Crippen molar-refractivity contribution in [3.8, 4) is 11.5 Å². The van der Waals surface area contributed by atoms with Crippen LogP contribution in [0.5, 0.6) is 11.5 Å². The predicted octanol–water partition coefficient (Wildman–Crippen LogP) is 3.65. The number of rotatable bonds is 1. The van der Waals surface area contributed by atoms with Crippen LogP contribution in [-0.4, -0.2) is 24.8 Å². The van der Waals surface area contributed by atoms with E-state index in [9.17, 15) is 4.79 Å². The molecule has 0 bridgehead atoms. The van der Waals surface area contributed by atoms with Gasteiger partial charge in [0.05, 0.1) is 23.3 Å². The van der Waals surface area contributed by atoms with Crippen molar-refractivity contribution in [1.29, 1.82) is 0 Å². The van der Waals surface area contributed by atoms with E-state index in [1.54, 1.807) is 19.3 Å². The van der Waals surface area contributed by atoms with E-state index in [0.717, 1.165) is 22.3 Å². The Morgan fingerprint density at radius 1 is 1.12 bits per heavy atom. The zero-order valence-electron chi connectivity index (χ0n) is 13.8. The number of fused-ring (bicyclic) bond motifs is 2. The van der Waals surface area contributed by atoms with Crippen LogP contribution in [0.2, 0.25) is 0 Å². The summed E-state index contributed by atoms with van der Waals surface area (Å²) in [6.45, 7) is 0. The van der Waals surface area contributed by atoms with Crippen molar-refractivity contribution >= 4 is 16.6 Å². The third-order valence-electron chi connectivity index (χ3n) is 5.47. The lowest BCUT2D eigenvalue weighted by Crippen LogP contribution is -2.58. The SMILES string of the molecule is CO[C@H]1C=CC[C@@H]2[C@H]1C(=O)C=CC21Oc2cccc3cccc(c23)O1. The lowest BCUT2D eigenvalue weighted by Gasteiger charge is -2.47. The summed E-state index contributed by atoms with van der Waals surface area (Å²) in [6, 6.07) is 12.0. The molecule has 0 N–H and O–H groups in total. The third kappa shape index (κ3) is 2.01. The number of ketones is 1. The van der Waals surface area contributed by atoms with E-state index in [1.165, 1.54) is 0 Å². The van der Waals surface area contributed by atoms with Crippen LogP contribution in [0.1, 0.15) is 6.42 Å². The van der Waals surface area contributed by atoms with Gasteiger partial charge >= 0.3 is 0 Å². The lowest BCUT2D eigenvalue weighted by molar-refractivity contribution is -0.164. The number of carbonyl (C=O) groups is 1. The molecule has 1 spiro atoms. The maximum Gasteiger partial charge on any atom is 0.275 e. The fourth-order valence-corrected chi connectivity index (χ4v) is 4.31. The Morgan fingerprint density at radius 2 is 1.84 bits per heavy atom. The molecule has 1 aliphatic heterocycles. The first kappa shape index (κ1) is 14.7. The van der Waals surface area contributed by atoms with Crippen molar-refractivity contribution < 1.29 is 19.0 Å². The Hall–Kier alpha value is -2.59. The second kappa shape index (κ2) is 5.20. The minimum atomic E-state index is -0.983. The molecule has 0 unspecified atom stereocenters. The average Bonchev–Trinajstić information content (AvgIpc) is 2.65. The highest BCUT2D eigenvalue weighted by Crippen LogP contribution is 2.49. The van der Waals surface area contributed by atoms with Crippen LogP contribution in [0, 0.1) is 11.8 Å². The largest absolute Gasteiger partial charge is 0.448 e. The molecule has 2 aromatic carbocycles. The molecule has 5 rings (SSSR count). The van der Waals surface area contributed by atoms with Crippen LogP contribution in [0.3, 0.4) is 0 Å². The van der Waals surface area contributed by atoms with Gasteiger partial charge in [0.1, 0.15) is 11.5 Å². The molecule has 0 aromatic heterocycles. The van der Waals surface area contributed by atoms with Crippen molar-refractivity contribution in [3.05, 3.63) is 60.7 Å². The second-order valence-corrected chi connectivity index (χ2v) is 6.77. The standard InChI is InChI=1S/C21H18O4/c1-23-16-8-4-7-14-20(16)15(22)11-12-21(14)24-17-9-2-5-13-6-3-10-18(25-21)19(13)17/h2-6,8-12,14,16,20H,7H2,1H3/t14-,16+,20+/m1/s1. The van der Waals surface area contributed by atoms with Crippen molar-refractivity contribution in [2.75, 3.05) is 7.11 Å². The highest BCUT2D eigenvalue weighted by Gasteiger charge is 2.54. The Morgan fingerprint density at radius 3 is 2.52 bits per heavy atom. The zero-order chi connectivity index (χ0) is 17.0. The molecule has 4 nitrogen and oxygen atoms in total. The third-order valence-corrected chi connectivity index (χ3v) is 5.47. The molecule has 0 saturated heterocycles. The summed E-state index contributed by atoms with van der Waals surface area (Å²) >= 11 is 0. The van der Waals surface area contributed by atoms with E-state index in [1.807, 2.05) is 42.5 Å². The van der Waals surface area contributed by atoms with E-state index >= 15 is 0 Å². The molecule has 126 valence electrons. The summed E-state index contributed by atoms with van der Waals surface area (Å²) in [4.78, 5) is 12.5. The summed E-state index contributed by atoms with van der Waals surface area (Å²) in [5.74, 6) is 0.230. The maximum atomic E-state index is 12.5. The van der Waals surface area contributed by atoms with Crippen LogP contribution in [-0.2, 0) is 9.53 Å². The lowest BCUT2D eigenvalue weighted by atomic mass is 9.70. The van der Waals surface area contributed by atoms with Crippen LogP contribution in [0.4, 0.5) is 0 Å². The van der Waals surface area contributed by atoms with Gasteiger partial charge in [0.25, 0.3) is 5.79 Å². The van der Waals surface area contributed by atoms with Gasteiger partial charge in [0.15, 0.2) is 5.78 Å². The van der Waals surface area contributed by atoms with E-state index in [-0.39, 0.29) is 23.7 Å². The minimum absolute atomic E-state index is 0.0658. The Labute approximate surface area is 145 Å². The smallest absolute Gasteiger partial charge is 0.275 e. The number of methoxy groups -OCH3 is 1. The highest BCUT2D eigenvalue weighted by atomic mass is 16.7. The summed E-state index contributed by atoms with van der Waals surface area (Å²) < 4.78 is 18.3. The molecule has 1 heterocycles. The summed E-state index contributed by atoms with van der Waals surface area (Å²) in [5.41, 5.74) is 0. The average molecular weight is 334 g/mol. The molecule has 3 aliphatic rings. The molecule has 25 heavy (non-hydrogen) atoms. The fourth-order valence-electron chi connectivity index (χ4n) is 4.31. The van der Waals surface area contributed by atoms with Gasteiger partial charge in [-0.25, -0.2) is 0 Å². The van der Waals surface area contributed by atoms with Gasteiger partial charge in [0, 0.05) is 13.2 Å². The first-order chi connectivity index (χ1) is 12.2. The number of hydrogen-bond donors (Lipinski definition) is 0. The van der Waals surface area contributed by atoms with E-state index in [0.29, 0.717) is 6.42 Å². The molecule has 0 radical (unpaired) electrons. The van der Waals surface area contributed by atoms with Crippen molar-refractivity contribution in [2.45, 2.75) is 18.3 Å². The van der Waals surface area contributed by atoms with Crippen molar-refractivity contribution in [2.24, 2.45) is 11.8 Å². The maximum absolute atomic E-state index is 12.5. The topological polar surface area (TPSA) is 44.8 Å². The fraction of sp³-hybridized carbons (Fsp3) is 0.286. The van der Waals surface area contributed by atoms with Gasteiger partial charge in [0.2, 0.25) is 0 Å². The van der Waals surface area contributed by atoms with E-state index in [2.05, 4.69) is 6.08 Å².